The van der Waals surface area contributed by atoms with Crippen LogP contribution in [0.3, 0.4) is 0 Å². The molecule has 19 heavy (non-hydrogen) atoms. The summed E-state index contributed by atoms with van der Waals surface area (Å²) >= 11 is 0. The van der Waals surface area contributed by atoms with E-state index in [0.717, 1.165) is 29.3 Å². The maximum Gasteiger partial charge on any atom is 0.254 e. The standard InChI is InChI=1S/C16H20N2O/c1-18(12-6-3-2-4-7-12)16(19)14-8-5-9-15-13(14)10-11-17-15/h5,8-12,17H,2-4,6-7H2,1H3. The number of rotatable bonds is 2. The Morgan fingerprint density at radius 2 is 2.00 bits per heavy atom. The largest absolute Gasteiger partial charge is 0.361 e. The summed E-state index contributed by atoms with van der Waals surface area (Å²) in [6.45, 7) is 0. The van der Waals surface area contributed by atoms with Crippen molar-refractivity contribution in [2.45, 2.75) is 38.1 Å². The monoisotopic (exact) mass is 256 g/mol. The van der Waals surface area contributed by atoms with Crippen LogP contribution < -0.4 is 0 Å². The van der Waals surface area contributed by atoms with Crippen molar-refractivity contribution in [3.8, 4) is 0 Å². The first-order chi connectivity index (χ1) is 9.27. The summed E-state index contributed by atoms with van der Waals surface area (Å²) in [5.74, 6) is 0.150. The van der Waals surface area contributed by atoms with Gasteiger partial charge in [0.15, 0.2) is 0 Å². The number of hydrogen-bond acceptors (Lipinski definition) is 1. The molecule has 1 saturated carbocycles. The summed E-state index contributed by atoms with van der Waals surface area (Å²) in [6, 6.07) is 8.28. The Bertz CT molecular complexity index is 581. The van der Waals surface area contributed by atoms with Crippen LogP contribution in [0, 0.1) is 0 Å². The summed E-state index contributed by atoms with van der Waals surface area (Å²) in [5.41, 5.74) is 1.84. The van der Waals surface area contributed by atoms with E-state index in [2.05, 4.69) is 4.98 Å². The highest BCUT2D eigenvalue weighted by molar-refractivity contribution is 6.06. The van der Waals surface area contributed by atoms with Crippen molar-refractivity contribution in [3.05, 3.63) is 36.0 Å². The predicted octanol–water partition coefficient (Wildman–Crippen LogP) is 3.57. The fourth-order valence-electron chi connectivity index (χ4n) is 3.10. The molecule has 0 radical (unpaired) electrons. The van der Waals surface area contributed by atoms with Crippen LogP contribution in [0.4, 0.5) is 0 Å². The first-order valence-corrected chi connectivity index (χ1v) is 7.10. The number of H-pyrrole nitrogens is 1. The lowest BCUT2D eigenvalue weighted by molar-refractivity contribution is 0.0698. The number of carbonyl (C=O) groups is 1. The van der Waals surface area contributed by atoms with Crippen molar-refractivity contribution >= 4 is 16.8 Å². The van der Waals surface area contributed by atoms with Crippen LogP contribution in [0.25, 0.3) is 10.9 Å². The molecule has 1 aromatic heterocycles. The van der Waals surface area contributed by atoms with E-state index in [1.54, 1.807) is 0 Å². The highest BCUT2D eigenvalue weighted by Gasteiger charge is 2.23. The summed E-state index contributed by atoms with van der Waals surface area (Å²) in [5, 5.41) is 1.02. The van der Waals surface area contributed by atoms with Crippen molar-refractivity contribution in [1.82, 2.24) is 9.88 Å². The lowest BCUT2D eigenvalue weighted by Crippen LogP contribution is -2.38. The normalized spacial score (nSPS) is 16.7. The van der Waals surface area contributed by atoms with Gasteiger partial charge in [0.1, 0.15) is 0 Å². The third kappa shape index (κ3) is 2.25. The molecule has 0 spiro atoms. The highest BCUT2D eigenvalue weighted by atomic mass is 16.2. The van der Waals surface area contributed by atoms with Gasteiger partial charge in [0.05, 0.1) is 0 Å². The Labute approximate surface area is 113 Å². The third-order valence-electron chi connectivity index (χ3n) is 4.27. The Hall–Kier alpha value is -1.77. The van der Waals surface area contributed by atoms with Gasteiger partial charge >= 0.3 is 0 Å². The Morgan fingerprint density at radius 3 is 2.79 bits per heavy atom. The number of fused-ring (bicyclic) bond motifs is 1. The zero-order valence-electron chi connectivity index (χ0n) is 11.4. The summed E-state index contributed by atoms with van der Waals surface area (Å²) in [4.78, 5) is 17.8. The Morgan fingerprint density at radius 1 is 1.21 bits per heavy atom. The number of carbonyl (C=O) groups excluding carboxylic acids is 1. The average molecular weight is 256 g/mol. The molecule has 1 fully saturated rings. The van der Waals surface area contributed by atoms with E-state index < -0.39 is 0 Å². The van der Waals surface area contributed by atoms with Crippen LogP contribution in [0.1, 0.15) is 42.5 Å². The summed E-state index contributed by atoms with van der Waals surface area (Å²) < 4.78 is 0. The minimum Gasteiger partial charge on any atom is -0.361 e. The predicted molar refractivity (Wildman–Crippen MR) is 77.3 cm³/mol. The SMILES string of the molecule is CN(C(=O)c1cccc2[nH]ccc12)C1CCCCC1. The maximum absolute atomic E-state index is 12.7. The number of amides is 1. The molecule has 3 heteroatoms. The van der Waals surface area contributed by atoms with E-state index in [1.807, 2.05) is 42.4 Å². The molecule has 1 amide bonds. The van der Waals surface area contributed by atoms with Crippen molar-refractivity contribution < 1.29 is 4.79 Å². The average Bonchev–Trinajstić information content (AvgIpc) is 2.95. The van der Waals surface area contributed by atoms with E-state index in [4.69, 9.17) is 0 Å². The fourth-order valence-corrected chi connectivity index (χ4v) is 3.10. The Balaban J connectivity index is 1.88. The van der Waals surface area contributed by atoms with E-state index in [-0.39, 0.29) is 5.91 Å². The molecule has 0 saturated heterocycles. The maximum atomic E-state index is 12.7. The zero-order chi connectivity index (χ0) is 13.2. The van der Waals surface area contributed by atoms with Crippen LogP contribution >= 0.6 is 0 Å². The third-order valence-corrected chi connectivity index (χ3v) is 4.27. The molecule has 0 bridgehead atoms. The molecule has 1 aliphatic rings. The highest BCUT2D eigenvalue weighted by Crippen LogP contribution is 2.25. The number of aromatic nitrogens is 1. The smallest absolute Gasteiger partial charge is 0.254 e. The first-order valence-electron chi connectivity index (χ1n) is 7.10. The quantitative estimate of drug-likeness (QED) is 0.876. The zero-order valence-corrected chi connectivity index (χ0v) is 11.4. The van der Waals surface area contributed by atoms with Crippen LogP contribution in [0.2, 0.25) is 0 Å². The molecule has 3 rings (SSSR count). The van der Waals surface area contributed by atoms with Gasteiger partial charge in [0.25, 0.3) is 5.91 Å². The van der Waals surface area contributed by atoms with Gasteiger partial charge in [0.2, 0.25) is 0 Å². The molecule has 1 heterocycles. The lowest BCUT2D eigenvalue weighted by atomic mass is 9.94. The number of nitrogens with one attached hydrogen (secondary N) is 1. The minimum atomic E-state index is 0.150. The van der Waals surface area contributed by atoms with E-state index >= 15 is 0 Å². The molecule has 0 unspecified atom stereocenters. The molecule has 3 nitrogen and oxygen atoms in total. The van der Waals surface area contributed by atoms with Gasteiger partial charge in [0, 0.05) is 35.8 Å². The van der Waals surface area contributed by atoms with Gasteiger partial charge in [-0.25, -0.2) is 0 Å². The molecule has 1 aliphatic carbocycles. The topological polar surface area (TPSA) is 36.1 Å². The first kappa shape index (κ1) is 12.3. The van der Waals surface area contributed by atoms with Gasteiger partial charge in [-0.2, -0.15) is 0 Å². The second kappa shape index (κ2) is 5.08. The fraction of sp³-hybridized carbons (Fsp3) is 0.438. The van der Waals surface area contributed by atoms with Crippen LogP contribution in [0.15, 0.2) is 30.5 Å². The number of aromatic amines is 1. The van der Waals surface area contributed by atoms with Gasteiger partial charge in [-0.05, 0) is 31.0 Å². The molecular formula is C16H20N2O. The molecular weight excluding hydrogens is 236 g/mol. The summed E-state index contributed by atoms with van der Waals surface area (Å²) in [6.07, 6.45) is 7.98. The molecule has 1 aromatic carbocycles. The second-order valence-corrected chi connectivity index (χ2v) is 5.45. The lowest BCUT2D eigenvalue weighted by Gasteiger charge is -2.31. The van der Waals surface area contributed by atoms with Crippen LogP contribution in [0.5, 0.6) is 0 Å². The Kier molecular flexibility index (Phi) is 3.28. The van der Waals surface area contributed by atoms with Gasteiger partial charge in [-0.15, -0.1) is 0 Å². The van der Waals surface area contributed by atoms with Crippen molar-refractivity contribution in [2.75, 3.05) is 7.05 Å². The van der Waals surface area contributed by atoms with E-state index in [0.29, 0.717) is 6.04 Å². The number of benzene rings is 1. The van der Waals surface area contributed by atoms with Crippen molar-refractivity contribution in [3.63, 3.8) is 0 Å². The molecule has 0 atom stereocenters. The molecule has 2 aromatic rings. The number of nitrogens with zero attached hydrogens (tertiary/aromatic N) is 1. The van der Waals surface area contributed by atoms with Crippen molar-refractivity contribution in [2.24, 2.45) is 0 Å². The molecule has 0 aliphatic heterocycles. The molecule has 1 N–H and O–H groups in total. The molecule has 100 valence electrons. The van der Waals surface area contributed by atoms with Crippen LogP contribution in [-0.4, -0.2) is 28.9 Å². The summed E-state index contributed by atoms with van der Waals surface area (Å²) in [7, 11) is 1.95. The van der Waals surface area contributed by atoms with E-state index in [9.17, 15) is 4.79 Å². The van der Waals surface area contributed by atoms with Gasteiger partial charge in [-0.1, -0.05) is 25.3 Å². The van der Waals surface area contributed by atoms with E-state index in [1.165, 1.54) is 19.3 Å². The van der Waals surface area contributed by atoms with Gasteiger partial charge in [-0.3, -0.25) is 4.79 Å². The second-order valence-electron chi connectivity index (χ2n) is 5.45. The van der Waals surface area contributed by atoms with Crippen LogP contribution in [-0.2, 0) is 0 Å². The number of hydrogen-bond donors (Lipinski definition) is 1. The minimum absolute atomic E-state index is 0.150. The van der Waals surface area contributed by atoms with Gasteiger partial charge < -0.3 is 9.88 Å². The van der Waals surface area contributed by atoms with Crippen molar-refractivity contribution in [1.29, 1.82) is 0 Å².